The van der Waals surface area contributed by atoms with Gasteiger partial charge in [-0.1, -0.05) is 6.07 Å². The third-order valence-electron chi connectivity index (χ3n) is 4.21. The minimum Gasteiger partial charge on any atom is -0.493 e. The number of carbonyl (C=O) groups excluding carboxylic acids is 1. The number of nitrogen functional groups attached to an aromatic ring is 1. The number of nitrogens with two attached hydrogens (primary N) is 1. The number of hydrogen-bond donors (Lipinski definition) is 1. The van der Waals surface area contributed by atoms with Crippen molar-refractivity contribution in [1.29, 1.82) is 0 Å². The molecule has 6 nitrogen and oxygen atoms in total. The van der Waals surface area contributed by atoms with Gasteiger partial charge in [-0.3, -0.25) is 4.79 Å². The highest BCUT2D eigenvalue weighted by Gasteiger charge is 2.30. The maximum Gasteiger partial charge on any atom is 0.220 e. The second kappa shape index (κ2) is 5.87. The quantitative estimate of drug-likeness (QED) is 0.935. The van der Waals surface area contributed by atoms with Crippen molar-refractivity contribution in [3.8, 4) is 11.5 Å². The molecule has 2 N–H and O–H groups in total. The number of nitrogens with zero attached hydrogens (tertiary/aromatic N) is 2. The van der Waals surface area contributed by atoms with Gasteiger partial charge in [-0.2, -0.15) is 0 Å². The first-order valence-electron chi connectivity index (χ1n) is 7.41. The van der Waals surface area contributed by atoms with Gasteiger partial charge in [0.05, 0.1) is 31.2 Å². The number of hydrogen-bond acceptors (Lipinski definition) is 6. The minimum absolute atomic E-state index is 0.0449. The van der Waals surface area contributed by atoms with E-state index in [1.165, 1.54) is 0 Å². The maximum absolute atomic E-state index is 12.5. The number of fused-ring (bicyclic) bond motifs is 1. The van der Waals surface area contributed by atoms with Crippen LogP contribution in [-0.2, 0) is 6.42 Å². The number of aryl methyl sites for hydroxylation is 1. The summed E-state index contributed by atoms with van der Waals surface area (Å²) in [7, 11) is 3.20. The van der Waals surface area contributed by atoms with E-state index in [9.17, 15) is 4.79 Å². The van der Waals surface area contributed by atoms with Crippen molar-refractivity contribution in [1.82, 2.24) is 9.97 Å². The van der Waals surface area contributed by atoms with Crippen molar-refractivity contribution in [2.45, 2.75) is 25.7 Å². The molecule has 2 aromatic rings. The second-order valence-electron chi connectivity index (χ2n) is 5.63. The summed E-state index contributed by atoms with van der Waals surface area (Å²) in [6, 6.07) is 5.73. The maximum atomic E-state index is 12.5. The van der Waals surface area contributed by atoms with Crippen LogP contribution >= 0.6 is 0 Å². The van der Waals surface area contributed by atoms with E-state index < -0.39 is 0 Å². The van der Waals surface area contributed by atoms with Gasteiger partial charge in [0.1, 0.15) is 0 Å². The zero-order chi connectivity index (χ0) is 16.6. The van der Waals surface area contributed by atoms with Crippen LogP contribution in [0.1, 0.15) is 39.6 Å². The lowest BCUT2D eigenvalue weighted by atomic mass is 9.81. The molecular formula is C17H19N3O3. The van der Waals surface area contributed by atoms with Crippen LogP contribution in [-0.4, -0.2) is 30.0 Å². The Balaban J connectivity index is 1.99. The van der Waals surface area contributed by atoms with E-state index in [2.05, 4.69) is 9.97 Å². The van der Waals surface area contributed by atoms with Gasteiger partial charge in [0, 0.05) is 6.42 Å². The van der Waals surface area contributed by atoms with Crippen LogP contribution in [0.3, 0.4) is 0 Å². The van der Waals surface area contributed by atoms with E-state index >= 15 is 0 Å². The molecule has 0 radical (unpaired) electrons. The van der Waals surface area contributed by atoms with Gasteiger partial charge in [-0.25, -0.2) is 9.97 Å². The molecule has 0 amide bonds. The van der Waals surface area contributed by atoms with Gasteiger partial charge in [0.2, 0.25) is 5.95 Å². The fraction of sp³-hybridized carbons (Fsp3) is 0.353. The number of ketones is 1. The van der Waals surface area contributed by atoms with Crippen molar-refractivity contribution in [2.24, 2.45) is 0 Å². The van der Waals surface area contributed by atoms with Crippen molar-refractivity contribution in [2.75, 3.05) is 20.0 Å². The molecule has 1 aromatic carbocycles. The molecular weight excluding hydrogens is 294 g/mol. The van der Waals surface area contributed by atoms with Gasteiger partial charge in [-0.05, 0) is 37.0 Å². The van der Waals surface area contributed by atoms with E-state index in [4.69, 9.17) is 15.2 Å². The normalized spacial score (nSPS) is 16.8. The summed E-state index contributed by atoms with van der Waals surface area (Å²) in [6.07, 6.45) is 1.08. The van der Waals surface area contributed by atoms with Crippen LogP contribution in [0.25, 0.3) is 0 Å². The summed E-state index contributed by atoms with van der Waals surface area (Å²) < 4.78 is 10.6. The first kappa shape index (κ1) is 15.3. The summed E-state index contributed by atoms with van der Waals surface area (Å²) in [5, 5.41) is 0. The highest BCUT2D eigenvalue weighted by Crippen LogP contribution is 2.37. The van der Waals surface area contributed by atoms with Crippen LogP contribution in [0, 0.1) is 6.92 Å². The van der Waals surface area contributed by atoms with Crippen LogP contribution < -0.4 is 15.2 Å². The van der Waals surface area contributed by atoms with Gasteiger partial charge in [0.15, 0.2) is 17.3 Å². The van der Waals surface area contributed by atoms with Crippen molar-refractivity contribution < 1.29 is 14.3 Å². The third kappa shape index (κ3) is 2.72. The number of methoxy groups -OCH3 is 2. The average Bonchev–Trinajstić information content (AvgIpc) is 2.52. The van der Waals surface area contributed by atoms with Crippen LogP contribution in [0.4, 0.5) is 5.95 Å². The zero-order valence-corrected chi connectivity index (χ0v) is 13.4. The lowest BCUT2D eigenvalue weighted by Crippen LogP contribution is -2.23. The number of aromatic nitrogens is 2. The third-order valence-corrected chi connectivity index (χ3v) is 4.21. The molecule has 3 rings (SSSR count). The zero-order valence-electron chi connectivity index (χ0n) is 13.4. The summed E-state index contributed by atoms with van der Waals surface area (Å²) >= 11 is 0. The molecule has 0 spiro atoms. The first-order chi connectivity index (χ1) is 11.0. The Labute approximate surface area is 134 Å². The molecule has 1 aliphatic carbocycles. The molecule has 0 unspecified atom stereocenters. The van der Waals surface area contributed by atoms with E-state index in [0.717, 1.165) is 11.3 Å². The van der Waals surface area contributed by atoms with Crippen molar-refractivity contribution >= 4 is 11.7 Å². The van der Waals surface area contributed by atoms with Gasteiger partial charge < -0.3 is 15.2 Å². The largest absolute Gasteiger partial charge is 0.493 e. The molecule has 1 aliphatic rings. The Bertz CT molecular complexity index is 774. The van der Waals surface area contributed by atoms with E-state index in [1.54, 1.807) is 21.1 Å². The number of carbonyl (C=O) groups is 1. The predicted octanol–water partition coefficient (Wildman–Crippen LogP) is 2.30. The van der Waals surface area contributed by atoms with Crippen molar-refractivity contribution in [3.05, 3.63) is 40.7 Å². The van der Waals surface area contributed by atoms with Gasteiger partial charge in [-0.15, -0.1) is 0 Å². The molecule has 0 saturated heterocycles. The average molecular weight is 313 g/mol. The minimum atomic E-state index is 0.0449. The highest BCUT2D eigenvalue weighted by atomic mass is 16.5. The monoisotopic (exact) mass is 313 g/mol. The Morgan fingerprint density at radius 2 is 1.87 bits per heavy atom. The number of rotatable bonds is 3. The number of Topliss-reactive ketones (excluding diaryl/α,β-unsaturated/α-hetero) is 1. The van der Waals surface area contributed by atoms with E-state index in [-0.39, 0.29) is 17.6 Å². The van der Waals surface area contributed by atoms with Crippen molar-refractivity contribution in [3.63, 3.8) is 0 Å². The predicted molar refractivity (Wildman–Crippen MR) is 86.1 cm³/mol. The molecule has 1 heterocycles. The molecule has 1 aromatic heterocycles. The Hall–Kier alpha value is -2.63. The molecule has 0 saturated carbocycles. The second-order valence-corrected chi connectivity index (χ2v) is 5.63. The lowest BCUT2D eigenvalue weighted by Gasteiger charge is -2.24. The summed E-state index contributed by atoms with van der Waals surface area (Å²) in [5.41, 5.74) is 8.76. The Morgan fingerprint density at radius 1 is 1.13 bits per heavy atom. The number of benzene rings is 1. The Morgan fingerprint density at radius 3 is 2.57 bits per heavy atom. The molecule has 120 valence electrons. The fourth-order valence-corrected chi connectivity index (χ4v) is 3.14. The van der Waals surface area contributed by atoms with E-state index in [0.29, 0.717) is 35.6 Å². The molecule has 23 heavy (non-hydrogen) atoms. The van der Waals surface area contributed by atoms with Crippen LogP contribution in [0.15, 0.2) is 18.2 Å². The van der Waals surface area contributed by atoms with Crippen LogP contribution in [0.2, 0.25) is 0 Å². The molecule has 0 bridgehead atoms. The smallest absolute Gasteiger partial charge is 0.220 e. The SMILES string of the molecule is COc1ccc([C@H]2CC(=O)c3c(C)nc(N)nc3C2)cc1OC. The molecule has 6 heteroatoms. The molecule has 0 aliphatic heterocycles. The lowest BCUT2D eigenvalue weighted by molar-refractivity contribution is 0.0962. The number of ether oxygens (including phenoxy) is 2. The number of anilines is 1. The first-order valence-corrected chi connectivity index (χ1v) is 7.41. The summed E-state index contributed by atoms with van der Waals surface area (Å²) in [5.74, 6) is 1.64. The molecule has 1 atom stereocenters. The highest BCUT2D eigenvalue weighted by molar-refractivity contribution is 5.99. The Kier molecular flexibility index (Phi) is 3.90. The van der Waals surface area contributed by atoms with Crippen LogP contribution in [0.5, 0.6) is 11.5 Å². The summed E-state index contributed by atoms with van der Waals surface area (Å²) in [6.45, 7) is 1.80. The fourth-order valence-electron chi connectivity index (χ4n) is 3.14. The van der Waals surface area contributed by atoms with E-state index in [1.807, 2.05) is 18.2 Å². The molecule has 0 fully saturated rings. The van der Waals surface area contributed by atoms with Gasteiger partial charge >= 0.3 is 0 Å². The van der Waals surface area contributed by atoms with Gasteiger partial charge in [0.25, 0.3) is 0 Å². The standard InChI is InChI=1S/C17H19N3O3/c1-9-16-12(20-17(18)19-9)6-11(7-13(16)21)10-4-5-14(22-2)15(8-10)23-3/h4-5,8,11H,6-7H2,1-3H3,(H2,18,19,20)/t11-/m1/s1. The summed E-state index contributed by atoms with van der Waals surface area (Å²) in [4.78, 5) is 20.9. The topological polar surface area (TPSA) is 87.3 Å².